The molecule has 0 atom stereocenters. The average Bonchev–Trinajstić information content (AvgIpc) is 3.22. The standard InChI is InChI=1S/C21H19FN4O3S/c1-13-2-4-15(22)9-16(13)24-20(27)11-30-21-7-6-19(25-26-21)23-10-14-3-5-17-18(8-14)29-12-28-17/h2-9H,10-12H2,1H3,(H,23,25)(H,24,27). The summed E-state index contributed by atoms with van der Waals surface area (Å²) in [5.74, 6) is 1.63. The number of fused-ring (bicyclic) bond motifs is 1. The maximum Gasteiger partial charge on any atom is 0.234 e. The molecule has 0 fully saturated rings. The molecule has 1 aliphatic heterocycles. The van der Waals surface area contributed by atoms with Crippen LogP contribution in [0.5, 0.6) is 11.5 Å². The zero-order chi connectivity index (χ0) is 20.9. The van der Waals surface area contributed by atoms with E-state index >= 15 is 0 Å². The van der Waals surface area contributed by atoms with Gasteiger partial charge in [0.05, 0.1) is 5.75 Å². The number of thioether (sulfide) groups is 1. The van der Waals surface area contributed by atoms with Crippen molar-refractivity contribution in [3.8, 4) is 11.5 Å². The summed E-state index contributed by atoms with van der Waals surface area (Å²) in [5.41, 5.74) is 2.30. The van der Waals surface area contributed by atoms with Gasteiger partial charge in [-0.2, -0.15) is 0 Å². The molecule has 2 heterocycles. The number of rotatable bonds is 7. The minimum Gasteiger partial charge on any atom is -0.454 e. The Bertz CT molecular complexity index is 1060. The van der Waals surface area contributed by atoms with Crippen molar-refractivity contribution < 1.29 is 18.7 Å². The van der Waals surface area contributed by atoms with Crippen LogP contribution in [0, 0.1) is 12.7 Å². The second-order valence-corrected chi connectivity index (χ2v) is 7.59. The number of aryl methyl sites for hydroxylation is 1. The van der Waals surface area contributed by atoms with Gasteiger partial charge in [-0.05, 0) is 54.4 Å². The number of halogens is 1. The van der Waals surface area contributed by atoms with Crippen molar-refractivity contribution in [2.24, 2.45) is 0 Å². The predicted molar refractivity (Wildman–Crippen MR) is 112 cm³/mol. The van der Waals surface area contributed by atoms with Crippen LogP contribution in [0.25, 0.3) is 0 Å². The van der Waals surface area contributed by atoms with E-state index < -0.39 is 5.82 Å². The molecule has 0 saturated heterocycles. The van der Waals surface area contributed by atoms with Gasteiger partial charge in [-0.25, -0.2) is 4.39 Å². The van der Waals surface area contributed by atoms with Crippen molar-refractivity contribution in [3.05, 3.63) is 65.5 Å². The molecule has 0 aliphatic carbocycles. The topological polar surface area (TPSA) is 85.4 Å². The van der Waals surface area contributed by atoms with Gasteiger partial charge >= 0.3 is 0 Å². The molecule has 2 N–H and O–H groups in total. The Morgan fingerprint density at radius 2 is 1.97 bits per heavy atom. The number of ether oxygens (including phenoxy) is 2. The fourth-order valence-electron chi connectivity index (χ4n) is 2.79. The molecule has 0 spiro atoms. The minimum atomic E-state index is -0.391. The Balaban J connectivity index is 1.26. The summed E-state index contributed by atoms with van der Waals surface area (Å²) in [6, 6.07) is 13.6. The summed E-state index contributed by atoms with van der Waals surface area (Å²) in [5, 5.41) is 14.8. The molecular weight excluding hydrogens is 407 g/mol. The first kappa shape index (κ1) is 20.0. The second-order valence-electron chi connectivity index (χ2n) is 6.59. The van der Waals surface area contributed by atoms with Crippen molar-refractivity contribution in [2.75, 3.05) is 23.2 Å². The molecule has 9 heteroatoms. The third-order valence-electron chi connectivity index (χ3n) is 4.38. The SMILES string of the molecule is Cc1ccc(F)cc1NC(=O)CSc1ccc(NCc2ccc3c(c2)OCO3)nn1. The molecule has 0 unspecified atom stereocenters. The van der Waals surface area contributed by atoms with Crippen LogP contribution in [0.4, 0.5) is 15.9 Å². The quantitative estimate of drug-likeness (QED) is 0.553. The van der Waals surface area contributed by atoms with Crippen molar-refractivity contribution in [1.82, 2.24) is 10.2 Å². The predicted octanol–water partition coefficient (Wildman–Crippen LogP) is 4.00. The van der Waals surface area contributed by atoms with Crippen molar-refractivity contribution in [2.45, 2.75) is 18.5 Å². The van der Waals surface area contributed by atoms with E-state index in [9.17, 15) is 9.18 Å². The van der Waals surface area contributed by atoms with Crippen LogP contribution in [0.1, 0.15) is 11.1 Å². The number of benzene rings is 2. The highest BCUT2D eigenvalue weighted by Gasteiger charge is 2.13. The Labute approximate surface area is 177 Å². The molecule has 30 heavy (non-hydrogen) atoms. The van der Waals surface area contributed by atoms with E-state index in [1.807, 2.05) is 25.1 Å². The highest BCUT2D eigenvalue weighted by molar-refractivity contribution is 7.99. The zero-order valence-corrected chi connectivity index (χ0v) is 17.0. The van der Waals surface area contributed by atoms with Crippen LogP contribution in [-0.4, -0.2) is 28.7 Å². The van der Waals surface area contributed by atoms with E-state index in [1.165, 1.54) is 23.9 Å². The number of carbonyl (C=O) groups excluding carboxylic acids is 1. The van der Waals surface area contributed by atoms with Gasteiger partial charge in [0.25, 0.3) is 0 Å². The smallest absolute Gasteiger partial charge is 0.234 e. The largest absolute Gasteiger partial charge is 0.454 e. The molecule has 4 rings (SSSR count). The van der Waals surface area contributed by atoms with E-state index in [0.717, 1.165) is 22.6 Å². The van der Waals surface area contributed by atoms with Gasteiger partial charge in [0, 0.05) is 12.2 Å². The van der Waals surface area contributed by atoms with Crippen LogP contribution in [0.15, 0.2) is 53.6 Å². The molecule has 0 saturated carbocycles. The lowest BCUT2D eigenvalue weighted by Crippen LogP contribution is -2.15. The van der Waals surface area contributed by atoms with Crippen LogP contribution in [0.2, 0.25) is 0 Å². The summed E-state index contributed by atoms with van der Waals surface area (Å²) < 4.78 is 24.0. The fraction of sp³-hybridized carbons (Fsp3) is 0.190. The molecule has 2 aromatic carbocycles. The molecule has 1 aromatic heterocycles. The van der Waals surface area contributed by atoms with Gasteiger partial charge in [0.1, 0.15) is 16.7 Å². The number of nitrogens with zero attached hydrogens (tertiary/aromatic N) is 2. The van der Waals surface area contributed by atoms with Crippen molar-refractivity contribution in [1.29, 1.82) is 0 Å². The summed E-state index contributed by atoms with van der Waals surface area (Å²) in [6.07, 6.45) is 0. The fourth-order valence-corrected chi connectivity index (χ4v) is 3.40. The first-order valence-corrected chi connectivity index (χ1v) is 10.2. The lowest BCUT2D eigenvalue weighted by atomic mass is 10.2. The molecule has 0 bridgehead atoms. The number of nitrogens with one attached hydrogen (secondary N) is 2. The minimum absolute atomic E-state index is 0.147. The highest BCUT2D eigenvalue weighted by Crippen LogP contribution is 2.32. The van der Waals surface area contributed by atoms with Crippen LogP contribution < -0.4 is 20.1 Å². The highest BCUT2D eigenvalue weighted by atomic mass is 32.2. The third-order valence-corrected chi connectivity index (χ3v) is 5.30. The molecule has 154 valence electrons. The van der Waals surface area contributed by atoms with E-state index in [4.69, 9.17) is 9.47 Å². The Morgan fingerprint density at radius 1 is 1.10 bits per heavy atom. The van der Waals surface area contributed by atoms with E-state index in [-0.39, 0.29) is 18.5 Å². The monoisotopic (exact) mass is 426 g/mol. The lowest BCUT2D eigenvalue weighted by Gasteiger charge is -2.08. The van der Waals surface area contributed by atoms with Crippen LogP contribution in [-0.2, 0) is 11.3 Å². The maximum absolute atomic E-state index is 13.3. The Morgan fingerprint density at radius 3 is 2.80 bits per heavy atom. The summed E-state index contributed by atoms with van der Waals surface area (Å²) in [7, 11) is 0. The Kier molecular flexibility index (Phi) is 5.99. The molecule has 7 nitrogen and oxygen atoms in total. The van der Waals surface area contributed by atoms with E-state index in [1.54, 1.807) is 18.2 Å². The van der Waals surface area contributed by atoms with Crippen molar-refractivity contribution >= 4 is 29.2 Å². The number of carbonyl (C=O) groups is 1. The molecular formula is C21H19FN4O3S. The van der Waals surface area contributed by atoms with Gasteiger partial charge in [-0.1, -0.05) is 23.9 Å². The second kappa shape index (κ2) is 9.00. The molecule has 0 radical (unpaired) electrons. The average molecular weight is 426 g/mol. The number of aromatic nitrogens is 2. The molecule has 3 aromatic rings. The van der Waals surface area contributed by atoms with Crippen LogP contribution in [0.3, 0.4) is 0 Å². The Hall–Kier alpha value is -3.33. The van der Waals surface area contributed by atoms with Gasteiger partial charge in [-0.3, -0.25) is 4.79 Å². The number of amides is 1. The number of hydrogen-bond acceptors (Lipinski definition) is 7. The molecule has 1 amide bonds. The van der Waals surface area contributed by atoms with Gasteiger partial charge in [0.15, 0.2) is 11.5 Å². The number of anilines is 2. The lowest BCUT2D eigenvalue weighted by molar-refractivity contribution is -0.113. The number of hydrogen-bond donors (Lipinski definition) is 2. The molecule has 1 aliphatic rings. The van der Waals surface area contributed by atoms with E-state index in [0.29, 0.717) is 23.1 Å². The van der Waals surface area contributed by atoms with Crippen LogP contribution >= 0.6 is 11.8 Å². The van der Waals surface area contributed by atoms with E-state index in [2.05, 4.69) is 20.8 Å². The van der Waals surface area contributed by atoms with Crippen molar-refractivity contribution in [3.63, 3.8) is 0 Å². The zero-order valence-electron chi connectivity index (χ0n) is 16.1. The summed E-state index contributed by atoms with van der Waals surface area (Å²) >= 11 is 1.26. The first-order valence-electron chi connectivity index (χ1n) is 9.22. The third kappa shape index (κ3) is 4.98. The summed E-state index contributed by atoms with van der Waals surface area (Å²) in [6.45, 7) is 2.62. The van der Waals surface area contributed by atoms with Gasteiger partial charge < -0.3 is 20.1 Å². The normalized spacial score (nSPS) is 11.9. The van der Waals surface area contributed by atoms with Gasteiger partial charge in [0.2, 0.25) is 12.7 Å². The first-order chi connectivity index (χ1) is 14.6. The summed E-state index contributed by atoms with van der Waals surface area (Å²) in [4.78, 5) is 12.1. The van der Waals surface area contributed by atoms with Gasteiger partial charge in [-0.15, -0.1) is 10.2 Å². The maximum atomic E-state index is 13.3.